The predicted octanol–water partition coefficient (Wildman–Crippen LogP) is 2.76. The van der Waals surface area contributed by atoms with Crippen LogP contribution >= 0.6 is 15.9 Å². The smallest absolute Gasteiger partial charge is 0.243 e. The van der Waals surface area contributed by atoms with Gasteiger partial charge in [-0.1, -0.05) is 15.9 Å². The molecule has 1 N–H and O–H groups in total. The van der Waals surface area contributed by atoms with E-state index in [4.69, 9.17) is 0 Å². The lowest BCUT2D eigenvalue weighted by Crippen LogP contribution is -2.47. The quantitative estimate of drug-likeness (QED) is 0.805. The molecular formula is C17H23BrN2O3S. The molecule has 132 valence electrons. The number of rotatable bonds is 5. The Balaban J connectivity index is 1.67. The summed E-state index contributed by atoms with van der Waals surface area (Å²) in [6, 6.07) is 6.82. The predicted molar refractivity (Wildman–Crippen MR) is 96.0 cm³/mol. The van der Waals surface area contributed by atoms with Crippen molar-refractivity contribution in [2.24, 2.45) is 11.8 Å². The summed E-state index contributed by atoms with van der Waals surface area (Å²) in [4.78, 5) is 12.7. The van der Waals surface area contributed by atoms with Gasteiger partial charge in [0.2, 0.25) is 15.9 Å². The summed E-state index contributed by atoms with van der Waals surface area (Å²) < 4.78 is 27.9. The Morgan fingerprint density at radius 3 is 2.54 bits per heavy atom. The number of carbonyl (C=O) groups excluding carboxylic acids is 1. The van der Waals surface area contributed by atoms with E-state index in [9.17, 15) is 13.2 Å². The van der Waals surface area contributed by atoms with Gasteiger partial charge in [-0.15, -0.1) is 0 Å². The molecule has 0 bridgehead atoms. The third kappa shape index (κ3) is 4.00. The Kier molecular flexibility index (Phi) is 5.32. The third-order valence-electron chi connectivity index (χ3n) is 4.91. The van der Waals surface area contributed by atoms with Crippen LogP contribution in [0.4, 0.5) is 0 Å². The van der Waals surface area contributed by atoms with Crippen LogP contribution in [0.25, 0.3) is 0 Å². The Hall–Kier alpha value is -0.920. The molecule has 2 aliphatic rings. The minimum Gasteiger partial charge on any atom is -0.353 e. The molecule has 0 radical (unpaired) electrons. The molecule has 1 amide bonds. The van der Waals surface area contributed by atoms with Crippen molar-refractivity contribution in [2.75, 3.05) is 13.1 Å². The van der Waals surface area contributed by atoms with E-state index in [1.165, 1.54) is 17.1 Å². The van der Waals surface area contributed by atoms with Crippen molar-refractivity contribution in [3.8, 4) is 0 Å². The van der Waals surface area contributed by atoms with Gasteiger partial charge in [-0.2, -0.15) is 4.31 Å². The van der Waals surface area contributed by atoms with Gasteiger partial charge in [0.25, 0.3) is 0 Å². The van der Waals surface area contributed by atoms with E-state index in [2.05, 4.69) is 21.2 Å². The zero-order valence-corrected chi connectivity index (χ0v) is 16.1. The standard InChI is InChI=1S/C17H23BrN2O3S/c1-12(13-4-5-13)19-17(21)14-3-2-10-20(11-14)24(22,23)16-8-6-15(18)7-9-16/h6-9,12-14H,2-5,10-11H2,1H3,(H,19,21)/t12-,14-/m0/s1. The van der Waals surface area contributed by atoms with Crippen molar-refractivity contribution in [1.82, 2.24) is 9.62 Å². The van der Waals surface area contributed by atoms with Gasteiger partial charge in [0.05, 0.1) is 10.8 Å². The molecule has 1 aliphatic carbocycles. The Morgan fingerprint density at radius 2 is 1.92 bits per heavy atom. The highest BCUT2D eigenvalue weighted by Crippen LogP contribution is 2.32. The zero-order valence-electron chi connectivity index (χ0n) is 13.7. The molecular weight excluding hydrogens is 392 g/mol. The van der Waals surface area contributed by atoms with E-state index in [1.807, 2.05) is 6.92 Å². The number of amides is 1. The van der Waals surface area contributed by atoms with Crippen LogP contribution in [0.2, 0.25) is 0 Å². The van der Waals surface area contributed by atoms with Crippen LogP contribution in [0.1, 0.15) is 32.6 Å². The molecule has 0 unspecified atom stereocenters. The summed E-state index contributed by atoms with van der Waals surface area (Å²) >= 11 is 3.32. The van der Waals surface area contributed by atoms with Gasteiger partial charge in [0.1, 0.15) is 0 Å². The van der Waals surface area contributed by atoms with E-state index in [-0.39, 0.29) is 29.3 Å². The molecule has 3 rings (SSSR count). The average molecular weight is 415 g/mol. The highest BCUT2D eigenvalue weighted by molar-refractivity contribution is 9.10. The normalized spacial score (nSPS) is 23.7. The van der Waals surface area contributed by atoms with Gasteiger partial charge in [-0.05, 0) is 62.8 Å². The summed E-state index contributed by atoms with van der Waals surface area (Å²) in [7, 11) is -3.55. The minimum atomic E-state index is -3.55. The Morgan fingerprint density at radius 1 is 1.25 bits per heavy atom. The monoisotopic (exact) mass is 414 g/mol. The summed E-state index contributed by atoms with van der Waals surface area (Å²) in [5, 5.41) is 3.06. The first-order valence-electron chi connectivity index (χ1n) is 8.44. The summed E-state index contributed by atoms with van der Waals surface area (Å²) in [6.07, 6.45) is 3.81. The van der Waals surface area contributed by atoms with Crippen molar-refractivity contribution in [3.05, 3.63) is 28.7 Å². The largest absolute Gasteiger partial charge is 0.353 e. The molecule has 0 aromatic heterocycles. The van der Waals surface area contributed by atoms with Crippen LogP contribution < -0.4 is 5.32 Å². The van der Waals surface area contributed by atoms with Crippen LogP contribution in [0.3, 0.4) is 0 Å². The summed E-state index contributed by atoms with van der Waals surface area (Å²) in [5.41, 5.74) is 0. The minimum absolute atomic E-state index is 0.00916. The molecule has 1 aliphatic heterocycles. The van der Waals surface area contributed by atoms with E-state index in [1.54, 1.807) is 24.3 Å². The first-order valence-corrected chi connectivity index (χ1v) is 10.7. The van der Waals surface area contributed by atoms with Crippen LogP contribution in [-0.4, -0.2) is 37.8 Å². The molecule has 1 saturated heterocycles. The lowest BCUT2D eigenvalue weighted by molar-refractivity contribution is -0.126. The first kappa shape index (κ1) is 17.9. The van der Waals surface area contributed by atoms with Crippen molar-refractivity contribution >= 4 is 31.9 Å². The number of benzene rings is 1. The lowest BCUT2D eigenvalue weighted by atomic mass is 9.98. The number of halogens is 1. The molecule has 1 aromatic rings. The number of sulfonamides is 1. The second-order valence-corrected chi connectivity index (χ2v) is 9.64. The average Bonchev–Trinajstić information content (AvgIpc) is 3.40. The second-order valence-electron chi connectivity index (χ2n) is 6.79. The molecule has 2 fully saturated rings. The van der Waals surface area contributed by atoms with Gasteiger partial charge >= 0.3 is 0 Å². The molecule has 1 saturated carbocycles. The molecule has 1 heterocycles. The van der Waals surface area contributed by atoms with Crippen molar-refractivity contribution in [3.63, 3.8) is 0 Å². The molecule has 24 heavy (non-hydrogen) atoms. The van der Waals surface area contributed by atoms with Gasteiger partial charge < -0.3 is 5.32 Å². The third-order valence-corrected chi connectivity index (χ3v) is 7.31. The zero-order chi connectivity index (χ0) is 17.3. The van der Waals surface area contributed by atoms with E-state index >= 15 is 0 Å². The van der Waals surface area contributed by atoms with Gasteiger partial charge in [-0.3, -0.25) is 4.79 Å². The van der Waals surface area contributed by atoms with Gasteiger partial charge in [-0.25, -0.2) is 8.42 Å². The number of piperidine rings is 1. The summed E-state index contributed by atoms with van der Waals surface area (Å²) in [6.45, 7) is 2.77. The maximum absolute atomic E-state index is 12.8. The highest BCUT2D eigenvalue weighted by atomic mass is 79.9. The molecule has 2 atom stereocenters. The molecule has 1 aromatic carbocycles. The van der Waals surface area contributed by atoms with E-state index in [0.717, 1.165) is 10.9 Å². The molecule has 0 spiro atoms. The summed E-state index contributed by atoms with van der Waals surface area (Å²) in [5.74, 6) is 0.329. The fourth-order valence-corrected chi connectivity index (χ4v) is 4.97. The lowest BCUT2D eigenvalue weighted by Gasteiger charge is -2.32. The van der Waals surface area contributed by atoms with Crippen LogP contribution in [0.5, 0.6) is 0 Å². The van der Waals surface area contributed by atoms with Crippen LogP contribution in [-0.2, 0) is 14.8 Å². The second kappa shape index (κ2) is 7.14. The van der Waals surface area contributed by atoms with Gasteiger partial charge in [0, 0.05) is 23.6 Å². The number of nitrogens with zero attached hydrogens (tertiary/aromatic N) is 1. The van der Waals surface area contributed by atoms with Crippen molar-refractivity contribution in [1.29, 1.82) is 0 Å². The Labute approximate surface area is 152 Å². The fraction of sp³-hybridized carbons (Fsp3) is 0.588. The maximum atomic E-state index is 12.8. The topological polar surface area (TPSA) is 66.5 Å². The van der Waals surface area contributed by atoms with Crippen molar-refractivity contribution < 1.29 is 13.2 Å². The van der Waals surface area contributed by atoms with E-state index < -0.39 is 10.0 Å². The van der Waals surface area contributed by atoms with Crippen LogP contribution in [0, 0.1) is 11.8 Å². The van der Waals surface area contributed by atoms with Gasteiger partial charge in [0.15, 0.2) is 0 Å². The number of hydrogen-bond acceptors (Lipinski definition) is 3. The molecule has 5 nitrogen and oxygen atoms in total. The fourth-order valence-electron chi connectivity index (χ4n) is 3.19. The number of carbonyl (C=O) groups is 1. The Bertz CT molecular complexity index is 701. The first-order chi connectivity index (χ1) is 11.4. The van der Waals surface area contributed by atoms with E-state index in [0.29, 0.717) is 18.9 Å². The highest BCUT2D eigenvalue weighted by Gasteiger charge is 2.35. The number of nitrogens with one attached hydrogen (secondary N) is 1. The SMILES string of the molecule is C[C@H](NC(=O)[C@H]1CCCN(S(=O)(=O)c2ccc(Br)cc2)C1)C1CC1. The van der Waals surface area contributed by atoms with Crippen molar-refractivity contribution in [2.45, 2.75) is 43.5 Å². The van der Waals surface area contributed by atoms with Crippen LogP contribution in [0.15, 0.2) is 33.6 Å². The maximum Gasteiger partial charge on any atom is 0.243 e. The number of hydrogen-bond donors (Lipinski definition) is 1. The molecule has 7 heteroatoms.